The number of hydrogen-bond donors (Lipinski definition) is 2. The predicted octanol–water partition coefficient (Wildman–Crippen LogP) is 2.51. The number of aliphatic hydroxyl groups excluding tert-OH is 1. The number of nitrogens with one attached hydrogen (secondary N) is 1. The molecule has 2 rings (SSSR count). The summed E-state index contributed by atoms with van der Waals surface area (Å²) in [6.07, 6.45) is 4.20. The maximum absolute atomic E-state index is 14.0. The Hall–Kier alpha value is -2.14. The fourth-order valence-electron chi connectivity index (χ4n) is 2.01. The Morgan fingerprint density at radius 3 is 2.71 bits per heavy atom. The second-order valence-corrected chi connectivity index (χ2v) is 4.86. The summed E-state index contributed by atoms with van der Waals surface area (Å²) in [6.45, 7) is 2.25. The molecule has 21 heavy (non-hydrogen) atoms. The van der Waals surface area contributed by atoms with Crippen LogP contribution in [0.1, 0.15) is 30.1 Å². The van der Waals surface area contributed by atoms with Crippen molar-refractivity contribution in [3.8, 4) is 5.69 Å². The van der Waals surface area contributed by atoms with Gasteiger partial charge in [0.15, 0.2) is 0 Å². The summed E-state index contributed by atoms with van der Waals surface area (Å²) in [7, 11) is 0. The average Bonchev–Trinajstić information content (AvgIpc) is 3.00. The van der Waals surface area contributed by atoms with E-state index in [1.54, 1.807) is 41.2 Å². The topological polar surface area (TPSA) is 54.3 Å². The van der Waals surface area contributed by atoms with Crippen LogP contribution in [0.25, 0.3) is 5.69 Å². The number of aromatic nitrogens is 1. The zero-order valence-corrected chi connectivity index (χ0v) is 11.9. The first kappa shape index (κ1) is 15.3. The normalized spacial score (nSPS) is 12.1. The molecule has 0 saturated carbocycles. The summed E-state index contributed by atoms with van der Waals surface area (Å²) in [5, 5.41) is 12.1. The summed E-state index contributed by atoms with van der Waals surface area (Å²) < 4.78 is 15.7. The predicted molar refractivity (Wildman–Crippen MR) is 79.0 cm³/mol. The lowest BCUT2D eigenvalue weighted by Gasteiger charge is -2.10. The lowest BCUT2D eigenvalue weighted by atomic mass is 10.1. The third-order valence-electron chi connectivity index (χ3n) is 3.33. The molecule has 1 amide bonds. The Morgan fingerprint density at radius 2 is 2.10 bits per heavy atom. The van der Waals surface area contributed by atoms with Gasteiger partial charge in [-0.05, 0) is 43.2 Å². The quantitative estimate of drug-likeness (QED) is 0.859. The SMILES string of the molecule is CCC(O)CCNC(=O)c1ccc(-n2cccc2)c(F)c1. The van der Waals surface area contributed by atoms with Crippen LogP contribution in [0.2, 0.25) is 0 Å². The second-order valence-electron chi connectivity index (χ2n) is 4.86. The van der Waals surface area contributed by atoms with E-state index < -0.39 is 11.9 Å². The summed E-state index contributed by atoms with van der Waals surface area (Å²) in [6, 6.07) is 7.99. The molecule has 1 aromatic carbocycles. The van der Waals surface area contributed by atoms with Gasteiger partial charge in [-0.1, -0.05) is 6.92 Å². The molecule has 0 saturated heterocycles. The monoisotopic (exact) mass is 290 g/mol. The Morgan fingerprint density at radius 1 is 1.38 bits per heavy atom. The van der Waals surface area contributed by atoms with Crippen molar-refractivity contribution in [1.82, 2.24) is 9.88 Å². The fraction of sp³-hybridized carbons (Fsp3) is 0.312. The lowest BCUT2D eigenvalue weighted by molar-refractivity contribution is 0.0941. The number of amides is 1. The van der Waals surface area contributed by atoms with Gasteiger partial charge in [-0.15, -0.1) is 0 Å². The minimum absolute atomic E-state index is 0.273. The van der Waals surface area contributed by atoms with Crippen molar-refractivity contribution in [1.29, 1.82) is 0 Å². The third kappa shape index (κ3) is 3.92. The van der Waals surface area contributed by atoms with Crippen LogP contribution in [-0.4, -0.2) is 28.2 Å². The zero-order valence-electron chi connectivity index (χ0n) is 11.9. The lowest BCUT2D eigenvalue weighted by Crippen LogP contribution is -2.27. The van der Waals surface area contributed by atoms with Crippen LogP contribution in [0.5, 0.6) is 0 Å². The first-order valence-corrected chi connectivity index (χ1v) is 7.01. The number of carbonyl (C=O) groups excluding carboxylic acids is 1. The van der Waals surface area contributed by atoms with Crippen molar-refractivity contribution in [3.63, 3.8) is 0 Å². The van der Waals surface area contributed by atoms with Gasteiger partial charge in [-0.3, -0.25) is 4.79 Å². The van der Waals surface area contributed by atoms with Gasteiger partial charge in [-0.25, -0.2) is 4.39 Å². The standard InChI is InChI=1S/C16H19FN2O2/c1-2-13(20)7-8-18-16(21)12-5-6-15(14(17)11-12)19-9-3-4-10-19/h3-6,9-11,13,20H,2,7-8H2,1H3,(H,18,21). The van der Waals surface area contributed by atoms with Gasteiger partial charge in [0, 0.05) is 24.5 Å². The summed E-state index contributed by atoms with van der Waals surface area (Å²) in [4.78, 5) is 11.9. The Balaban J connectivity index is 2.01. The summed E-state index contributed by atoms with van der Waals surface area (Å²) >= 11 is 0. The van der Waals surface area contributed by atoms with E-state index in [2.05, 4.69) is 5.32 Å². The van der Waals surface area contributed by atoms with E-state index in [9.17, 15) is 14.3 Å². The van der Waals surface area contributed by atoms with E-state index in [0.717, 1.165) is 0 Å². The number of benzene rings is 1. The smallest absolute Gasteiger partial charge is 0.251 e. The van der Waals surface area contributed by atoms with Crippen LogP contribution in [0, 0.1) is 5.82 Å². The largest absolute Gasteiger partial charge is 0.393 e. The second kappa shape index (κ2) is 7.04. The van der Waals surface area contributed by atoms with Crippen molar-refractivity contribution < 1.29 is 14.3 Å². The van der Waals surface area contributed by atoms with E-state index in [4.69, 9.17) is 0 Å². The molecule has 0 aliphatic rings. The molecular weight excluding hydrogens is 271 g/mol. The highest BCUT2D eigenvalue weighted by Gasteiger charge is 2.10. The van der Waals surface area contributed by atoms with E-state index in [0.29, 0.717) is 25.1 Å². The fourth-order valence-corrected chi connectivity index (χ4v) is 2.01. The summed E-state index contributed by atoms with van der Waals surface area (Å²) in [5.41, 5.74) is 0.673. The Bertz CT molecular complexity index is 596. The molecule has 0 bridgehead atoms. The molecule has 112 valence electrons. The zero-order chi connectivity index (χ0) is 15.2. The minimum atomic E-state index is -0.451. The molecule has 0 aliphatic carbocycles. The molecule has 1 unspecified atom stereocenters. The van der Waals surface area contributed by atoms with E-state index in [1.165, 1.54) is 6.07 Å². The molecule has 1 heterocycles. The van der Waals surface area contributed by atoms with Gasteiger partial charge in [0.2, 0.25) is 0 Å². The maximum atomic E-state index is 14.0. The van der Waals surface area contributed by atoms with E-state index in [1.807, 2.05) is 6.92 Å². The molecule has 1 aromatic heterocycles. The number of nitrogens with zero attached hydrogens (tertiary/aromatic N) is 1. The molecule has 5 heteroatoms. The van der Waals surface area contributed by atoms with Gasteiger partial charge in [0.05, 0.1) is 11.8 Å². The van der Waals surface area contributed by atoms with Crippen LogP contribution in [0.3, 0.4) is 0 Å². The molecule has 0 fully saturated rings. The highest BCUT2D eigenvalue weighted by molar-refractivity contribution is 5.94. The van der Waals surface area contributed by atoms with Crippen molar-refractivity contribution in [2.45, 2.75) is 25.9 Å². The number of hydrogen-bond acceptors (Lipinski definition) is 2. The van der Waals surface area contributed by atoms with Gasteiger partial charge >= 0.3 is 0 Å². The van der Waals surface area contributed by atoms with Crippen molar-refractivity contribution in [2.75, 3.05) is 6.54 Å². The first-order valence-electron chi connectivity index (χ1n) is 7.01. The van der Waals surface area contributed by atoms with Crippen molar-refractivity contribution in [3.05, 3.63) is 54.1 Å². The third-order valence-corrected chi connectivity index (χ3v) is 3.33. The molecule has 2 N–H and O–H groups in total. The van der Waals surface area contributed by atoms with Crippen LogP contribution >= 0.6 is 0 Å². The van der Waals surface area contributed by atoms with Crippen LogP contribution in [0.15, 0.2) is 42.7 Å². The molecule has 0 spiro atoms. The highest BCUT2D eigenvalue weighted by Crippen LogP contribution is 2.15. The van der Waals surface area contributed by atoms with Crippen LogP contribution in [0.4, 0.5) is 4.39 Å². The van der Waals surface area contributed by atoms with Crippen LogP contribution in [-0.2, 0) is 0 Å². The highest BCUT2D eigenvalue weighted by atomic mass is 19.1. The molecule has 0 radical (unpaired) electrons. The summed E-state index contributed by atoms with van der Waals surface area (Å²) in [5.74, 6) is -0.788. The van der Waals surface area contributed by atoms with E-state index in [-0.39, 0.29) is 11.5 Å². The number of halogens is 1. The first-order chi connectivity index (χ1) is 10.1. The minimum Gasteiger partial charge on any atom is -0.393 e. The van der Waals surface area contributed by atoms with Crippen molar-refractivity contribution >= 4 is 5.91 Å². The Labute approximate surface area is 123 Å². The number of carbonyl (C=O) groups is 1. The molecule has 0 aliphatic heterocycles. The maximum Gasteiger partial charge on any atom is 0.251 e. The van der Waals surface area contributed by atoms with Crippen molar-refractivity contribution in [2.24, 2.45) is 0 Å². The van der Waals surface area contributed by atoms with E-state index >= 15 is 0 Å². The van der Waals surface area contributed by atoms with Gasteiger partial charge < -0.3 is 15.0 Å². The van der Waals surface area contributed by atoms with Crippen LogP contribution < -0.4 is 5.32 Å². The molecule has 1 atom stereocenters. The average molecular weight is 290 g/mol. The number of rotatable bonds is 6. The number of aliphatic hydroxyl groups is 1. The Kier molecular flexibility index (Phi) is 5.11. The van der Waals surface area contributed by atoms with Gasteiger partial charge in [0.1, 0.15) is 5.82 Å². The molecule has 2 aromatic rings. The molecule has 4 nitrogen and oxygen atoms in total. The van der Waals surface area contributed by atoms with Gasteiger partial charge in [0.25, 0.3) is 5.91 Å². The van der Waals surface area contributed by atoms with Gasteiger partial charge in [-0.2, -0.15) is 0 Å². The molecular formula is C16H19FN2O2.